The van der Waals surface area contributed by atoms with Gasteiger partial charge in [0.15, 0.2) is 18.0 Å². The van der Waals surface area contributed by atoms with Crippen molar-refractivity contribution < 1.29 is 36.9 Å². The molecule has 2 aliphatic heterocycles. The Kier molecular flexibility index (Phi) is 8.05. The Morgan fingerprint density at radius 3 is 2.78 bits per heavy atom. The van der Waals surface area contributed by atoms with Gasteiger partial charge >= 0.3 is 19.5 Å². The van der Waals surface area contributed by atoms with Crippen molar-refractivity contribution >= 4 is 25.4 Å². The summed E-state index contributed by atoms with van der Waals surface area (Å²) in [5.74, 6) is -0.814. The highest BCUT2D eigenvalue weighted by atomic mass is 35.5. The van der Waals surface area contributed by atoms with E-state index in [2.05, 4.69) is 0 Å². The van der Waals surface area contributed by atoms with Gasteiger partial charge in [0, 0.05) is 37.8 Å². The van der Waals surface area contributed by atoms with Gasteiger partial charge in [0.05, 0.1) is 12.7 Å². The molecule has 0 radical (unpaired) electrons. The lowest BCUT2D eigenvalue weighted by atomic mass is 9.98. The number of hydrogen-bond donors (Lipinski definition) is 1. The molecule has 0 aliphatic carbocycles. The maximum absolute atomic E-state index is 16.0. The van der Waals surface area contributed by atoms with Gasteiger partial charge in [0.2, 0.25) is 0 Å². The minimum atomic E-state index is -4.29. The van der Waals surface area contributed by atoms with Crippen LogP contribution in [-0.4, -0.2) is 58.7 Å². The van der Waals surface area contributed by atoms with Crippen LogP contribution in [0.5, 0.6) is 0 Å². The number of alkyl halides is 1. The number of hydrogen-bond acceptors (Lipinski definition) is 10. The number of ether oxygens (including phenoxy) is 2. The molecule has 2 fully saturated rings. The Hall–Kier alpha value is -2.38. The molecule has 1 aromatic carbocycles. The number of hydroxylamine groups is 2. The second-order valence-electron chi connectivity index (χ2n) is 8.84. The SMILES string of the molecule is CC(=O)O[C@@H]1[C@@H](COP2(=O)OC(c3cccc(Cl)c3)CCN(C)O2)O[C@@H](n2ccc(=O)[nH]c2=O)[C@]1(C)F. The van der Waals surface area contributed by atoms with Gasteiger partial charge in [0.25, 0.3) is 5.56 Å². The van der Waals surface area contributed by atoms with Gasteiger partial charge in [0.1, 0.15) is 6.10 Å². The van der Waals surface area contributed by atoms with E-state index in [1.165, 1.54) is 5.06 Å². The van der Waals surface area contributed by atoms with Gasteiger partial charge in [-0.25, -0.2) is 13.8 Å². The summed E-state index contributed by atoms with van der Waals surface area (Å²) < 4.78 is 57.9. The first-order valence-corrected chi connectivity index (χ1v) is 13.1. The van der Waals surface area contributed by atoms with E-state index in [0.29, 0.717) is 23.6 Å². The van der Waals surface area contributed by atoms with Crippen molar-refractivity contribution in [1.82, 2.24) is 14.6 Å². The number of benzene rings is 1. The number of H-pyrrole nitrogens is 1. The first-order chi connectivity index (χ1) is 17.4. The summed E-state index contributed by atoms with van der Waals surface area (Å²) in [6, 6.07) is 7.84. The molecule has 1 aromatic heterocycles. The second-order valence-corrected chi connectivity index (χ2v) is 10.8. The summed E-state index contributed by atoms with van der Waals surface area (Å²) in [6.07, 6.45) is -3.72. The molecule has 0 spiro atoms. The monoisotopic (exact) mass is 561 g/mol. The van der Waals surface area contributed by atoms with E-state index in [-0.39, 0.29) is 0 Å². The molecular formula is C22H26ClFN3O9P. The summed E-state index contributed by atoms with van der Waals surface area (Å²) in [7, 11) is -2.74. The normalized spacial score (nSPS) is 32.7. The molecule has 202 valence electrons. The lowest BCUT2D eigenvalue weighted by molar-refractivity contribution is -0.155. The highest BCUT2D eigenvalue weighted by Gasteiger charge is 2.58. The van der Waals surface area contributed by atoms with Gasteiger partial charge in [-0.2, -0.15) is 9.69 Å². The Bertz CT molecular complexity index is 1320. The highest BCUT2D eigenvalue weighted by Crippen LogP contribution is 2.56. The Labute approximate surface area is 215 Å². The van der Waals surface area contributed by atoms with Crippen LogP contribution in [0.4, 0.5) is 4.39 Å². The predicted octanol–water partition coefficient (Wildman–Crippen LogP) is 2.90. The topological polar surface area (TPSA) is 138 Å². The van der Waals surface area contributed by atoms with E-state index in [9.17, 15) is 18.9 Å². The molecule has 3 heterocycles. The fourth-order valence-corrected chi connectivity index (χ4v) is 5.85. The van der Waals surface area contributed by atoms with E-state index in [1.807, 2.05) is 4.98 Å². The van der Waals surface area contributed by atoms with Crippen molar-refractivity contribution in [3.05, 3.63) is 68.0 Å². The van der Waals surface area contributed by atoms with Gasteiger partial charge in [-0.1, -0.05) is 23.7 Å². The van der Waals surface area contributed by atoms with Crippen molar-refractivity contribution in [3.8, 4) is 0 Å². The molecule has 0 saturated carbocycles. The molecule has 15 heteroatoms. The molecule has 2 aliphatic rings. The zero-order chi connectivity index (χ0) is 27.0. The predicted molar refractivity (Wildman–Crippen MR) is 127 cm³/mol. The van der Waals surface area contributed by atoms with E-state index in [0.717, 1.165) is 30.7 Å². The third kappa shape index (κ3) is 6.20. The van der Waals surface area contributed by atoms with E-state index >= 15 is 4.39 Å². The quantitative estimate of drug-likeness (QED) is 0.414. The van der Waals surface area contributed by atoms with Crippen molar-refractivity contribution in [2.45, 2.75) is 50.5 Å². The summed E-state index contributed by atoms with van der Waals surface area (Å²) in [6.45, 7) is 1.92. The van der Waals surface area contributed by atoms with Crippen molar-refractivity contribution in [3.63, 3.8) is 0 Å². The summed E-state index contributed by atoms with van der Waals surface area (Å²) in [5, 5.41) is 1.76. The van der Waals surface area contributed by atoms with Crippen LogP contribution in [-0.2, 0) is 32.5 Å². The van der Waals surface area contributed by atoms with Gasteiger partial charge in [-0.15, -0.1) is 0 Å². The number of carbonyl (C=O) groups excluding carboxylic acids is 1. The Morgan fingerprint density at radius 1 is 1.35 bits per heavy atom. The standard InChI is InChI=1S/C22H26ClFN3O9P/c1-13(28)33-19-17(34-20(22(19,2)24)27-10-8-18(29)25-21(27)30)12-32-37(31)35-16(7-9-26(3)36-37)14-5-4-6-15(23)11-14/h4-6,8,10-11,16-17,19-20H,7,9,12H2,1-3H3,(H,25,29,30)/t16?,17-,19-,20-,22-,37?/m1/s1. The molecule has 12 nitrogen and oxygen atoms in total. The molecule has 37 heavy (non-hydrogen) atoms. The number of esters is 1. The van der Waals surface area contributed by atoms with Crippen molar-refractivity contribution in [2.75, 3.05) is 20.2 Å². The average molecular weight is 562 g/mol. The summed E-state index contributed by atoms with van der Waals surface area (Å²) in [5.41, 5.74) is -3.41. The van der Waals surface area contributed by atoms with Crippen LogP contribution in [0.2, 0.25) is 5.02 Å². The molecule has 2 saturated heterocycles. The summed E-state index contributed by atoms with van der Waals surface area (Å²) in [4.78, 5) is 37.5. The smallest absolute Gasteiger partial charge is 0.456 e. The van der Waals surface area contributed by atoms with Gasteiger partial charge in [-0.05, 0) is 31.0 Å². The molecular weight excluding hydrogens is 536 g/mol. The first-order valence-electron chi connectivity index (χ1n) is 11.3. The number of rotatable bonds is 6. The van der Waals surface area contributed by atoms with Crippen LogP contribution in [0.15, 0.2) is 46.1 Å². The largest absolute Gasteiger partial charge is 0.492 e. The summed E-state index contributed by atoms with van der Waals surface area (Å²) >= 11 is 6.09. The van der Waals surface area contributed by atoms with E-state index in [1.54, 1.807) is 31.3 Å². The molecule has 2 unspecified atom stereocenters. The number of nitrogens with one attached hydrogen (secondary N) is 1. The highest BCUT2D eigenvalue weighted by molar-refractivity contribution is 7.48. The van der Waals surface area contributed by atoms with Crippen LogP contribution in [0.25, 0.3) is 0 Å². The average Bonchev–Trinajstić information content (AvgIpc) is 2.94. The zero-order valence-corrected chi connectivity index (χ0v) is 21.8. The lowest BCUT2D eigenvalue weighted by Crippen LogP contribution is -2.45. The fourth-order valence-electron chi connectivity index (χ4n) is 4.21. The minimum Gasteiger partial charge on any atom is -0.456 e. The maximum Gasteiger partial charge on any atom is 0.492 e. The third-order valence-electron chi connectivity index (χ3n) is 5.90. The van der Waals surface area contributed by atoms with Crippen LogP contribution in [0.3, 0.4) is 0 Å². The third-order valence-corrected chi connectivity index (χ3v) is 7.59. The minimum absolute atomic E-state index is 0.348. The number of aromatic amines is 1. The number of halogens is 2. The number of phosphoric acid groups is 1. The number of phosphoric ester groups is 1. The number of aromatic nitrogens is 2. The van der Waals surface area contributed by atoms with Crippen LogP contribution in [0, 0.1) is 0 Å². The number of carbonyl (C=O) groups is 1. The van der Waals surface area contributed by atoms with Gasteiger partial charge < -0.3 is 9.47 Å². The molecule has 0 amide bonds. The van der Waals surface area contributed by atoms with Crippen molar-refractivity contribution in [2.24, 2.45) is 0 Å². The maximum atomic E-state index is 16.0. The van der Waals surface area contributed by atoms with Gasteiger partial charge in [-0.3, -0.25) is 28.2 Å². The zero-order valence-electron chi connectivity index (χ0n) is 20.2. The van der Waals surface area contributed by atoms with E-state index in [4.69, 9.17) is 34.7 Å². The van der Waals surface area contributed by atoms with Crippen LogP contribution in [0.1, 0.15) is 38.2 Å². The van der Waals surface area contributed by atoms with E-state index < -0.39 is 61.9 Å². The fraction of sp³-hybridized carbons (Fsp3) is 0.500. The molecule has 0 bridgehead atoms. The second kappa shape index (κ2) is 10.8. The first kappa shape index (κ1) is 27.6. The molecule has 2 aromatic rings. The molecule has 6 atom stereocenters. The molecule has 4 rings (SSSR count). The van der Waals surface area contributed by atoms with Crippen LogP contribution < -0.4 is 11.2 Å². The number of nitrogens with zero attached hydrogens (tertiary/aromatic N) is 2. The lowest BCUT2D eigenvalue weighted by Gasteiger charge is -2.27. The van der Waals surface area contributed by atoms with Crippen LogP contribution >= 0.6 is 19.4 Å². The van der Waals surface area contributed by atoms with Crippen molar-refractivity contribution in [1.29, 1.82) is 0 Å². The molecule has 1 N–H and O–H groups in total. The Morgan fingerprint density at radius 2 is 2.11 bits per heavy atom. The Balaban J connectivity index is 1.58.